The molecule has 5 heteroatoms. The molecular formula is C13H17N3OS. The van der Waals surface area contributed by atoms with E-state index in [1.807, 2.05) is 38.1 Å². The van der Waals surface area contributed by atoms with E-state index in [1.54, 1.807) is 11.8 Å². The molecule has 0 aliphatic carbocycles. The molecular weight excluding hydrogens is 246 g/mol. The van der Waals surface area contributed by atoms with E-state index in [4.69, 9.17) is 10.3 Å². The van der Waals surface area contributed by atoms with E-state index in [2.05, 4.69) is 10.1 Å². The van der Waals surface area contributed by atoms with Gasteiger partial charge in [-0.05, 0) is 19.4 Å². The largest absolute Gasteiger partial charge is 0.338 e. The first-order chi connectivity index (χ1) is 8.66. The van der Waals surface area contributed by atoms with Crippen LogP contribution in [0.25, 0.3) is 11.4 Å². The zero-order chi connectivity index (χ0) is 13.0. The maximum Gasteiger partial charge on any atom is 0.236 e. The van der Waals surface area contributed by atoms with Crippen molar-refractivity contribution < 1.29 is 4.52 Å². The Kier molecular flexibility index (Phi) is 4.38. The summed E-state index contributed by atoms with van der Waals surface area (Å²) in [6.45, 7) is 4.02. The number of benzene rings is 1. The second-order valence-electron chi connectivity index (χ2n) is 4.32. The van der Waals surface area contributed by atoms with Gasteiger partial charge in [0.2, 0.25) is 11.7 Å². The van der Waals surface area contributed by atoms with Gasteiger partial charge in [-0.15, -0.1) is 0 Å². The third kappa shape index (κ3) is 3.34. The number of thioether (sulfide) groups is 1. The number of aromatic nitrogens is 2. The lowest BCUT2D eigenvalue weighted by atomic mass is 10.1. The normalized spacial score (nSPS) is 12.6. The maximum atomic E-state index is 5.69. The van der Waals surface area contributed by atoms with Crippen LogP contribution in [0.3, 0.4) is 0 Å². The molecule has 0 amide bonds. The van der Waals surface area contributed by atoms with Crippen LogP contribution in [-0.4, -0.2) is 21.9 Å². The highest BCUT2D eigenvalue weighted by atomic mass is 32.2. The van der Waals surface area contributed by atoms with E-state index in [1.165, 1.54) is 0 Å². The summed E-state index contributed by atoms with van der Waals surface area (Å²) in [6, 6.07) is 8.20. The fourth-order valence-corrected chi connectivity index (χ4v) is 2.36. The Labute approximate surface area is 111 Å². The summed E-state index contributed by atoms with van der Waals surface area (Å²) < 4.78 is 5.23. The summed E-state index contributed by atoms with van der Waals surface area (Å²) in [7, 11) is 0. The summed E-state index contributed by atoms with van der Waals surface area (Å²) in [5.74, 6) is 2.91. The molecule has 1 atom stereocenters. The van der Waals surface area contributed by atoms with Gasteiger partial charge < -0.3 is 10.3 Å². The highest BCUT2D eigenvalue weighted by Gasteiger charge is 2.10. The molecule has 0 spiro atoms. The van der Waals surface area contributed by atoms with Crippen LogP contribution < -0.4 is 5.73 Å². The molecule has 0 aliphatic rings. The molecule has 4 nitrogen and oxygen atoms in total. The summed E-state index contributed by atoms with van der Waals surface area (Å²) in [4.78, 5) is 4.40. The van der Waals surface area contributed by atoms with Crippen molar-refractivity contribution in [2.75, 3.05) is 5.75 Å². The molecule has 0 saturated heterocycles. The predicted octanol–water partition coefficient (Wildman–Crippen LogP) is 2.63. The zero-order valence-electron chi connectivity index (χ0n) is 10.6. The Hall–Kier alpha value is -1.33. The van der Waals surface area contributed by atoms with Gasteiger partial charge >= 0.3 is 0 Å². The molecule has 1 aromatic carbocycles. The minimum atomic E-state index is 0.189. The number of hydrogen-bond donors (Lipinski definition) is 1. The summed E-state index contributed by atoms with van der Waals surface area (Å²) in [5, 5.41) is 4.01. The van der Waals surface area contributed by atoms with Crippen LogP contribution in [0.15, 0.2) is 28.8 Å². The molecule has 0 aliphatic heterocycles. The summed E-state index contributed by atoms with van der Waals surface area (Å²) >= 11 is 1.71. The third-order valence-corrected chi connectivity index (χ3v) is 3.67. The highest BCUT2D eigenvalue weighted by molar-refractivity contribution is 7.98. The van der Waals surface area contributed by atoms with Gasteiger partial charge in [-0.25, -0.2) is 0 Å². The molecule has 18 heavy (non-hydrogen) atoms. The van der Waals surface area contributed by atoms with Gasteiger partial charge in [0, 0.05) is 17.4 Å². The lowest BCUT2D eigenvalue weighted by molar-refractivity contribution is 0.391. The molecule has 1 heterocycles. The van der Waals surface area contributed by atoms with Crippen molar-refractivity contribution in [2.45, 2.75) is 25.6 Å². The minimum absolute atomic E-state index is 0.189. The van der Waals surface area contributed by atoms with Crippen LogP contribution in [0.4, 0.5) is 0 Å². The molecule has 2 aromatic rings. The average Bonchev–Trinajstić information content (AvgIpc) is 2.78. The number of aryl methyl sites for hydroxylation is 1. The predicted molar refractivity (Wildman–Crippen MR) is 74.3 cm³/mol. The maximum absolute atomic E-state index is 5.69. The topological polar surface area (TPSA) is 64.9 Å². The van der Waals surface area contributed by atoms with Crippen LogP contribution in [-0.2, 0) is 5.75 Å². The second-order valence-corrected chi connectivity index (χ2v) is 5.35. The number of nitrogens with two attached hydrogens (primary N) is 1. The Bertz CT molecular complexity index is 510. The van der Waals surface area contributed by atoms with Gasteiger partial charge in [-0.3, -0.25) is 0 Å². The Morgan fingerprint density at radius 2 is 2.17 bits per heavy atom. The molecule has 2 rings (SSSR count). The van der Waals surface area contributed by atoms with E-state index >= 15 is 0 Å². The first-order valence-corrected chi connectivity index (χ1v) is 7.04. The van der Waals surface area contributed by atoms with E-state index in [9.17, 15) is 0 Å². The summed E-state index contributed by atoms with van der Waals surface area (Å²) in [5.41, 5.74) is 7.85. The van der Waals surface area contributed by atoms with Crippen LogP contribution in [0.1, 0.15) is 18.4 Å². The van der Waals surface area contributed by atoms with Crippen molar-refractivity contribution in [3.05, 3.63) is 35.7 Å². The quantitative estimate of drug-likeness (QED) is 0.898. The third-order valence-electron chi connectivity index (χ3n) is 2.46. The smallest absolute Gasteiger partial charge is 0.236 e. The average molecular weight is 263 g/mol. The van der Waals surface area contributed by atoms with Gasteiger partial charge in [0.05, 0.1) is 5.75 Å². The minimum Gasteiger partial charge on any atom is -0.338 e. The highest BCUT2D eigenvalue weighted by Crippen LogP contribution is 2.21. The standard InChI is InChI=1S/C13H17N3OS/c1-9-5-3-4-6-11(9)13-15-12(17-16-13)8-18-7-10(2)14/h3-6,10H,7-8,14H2,1-2H3. The van der Waals surface area contributed by atoms with Crippen molar-refractivity contribution in [1.82, 2.24) is 10.1 Å². The van der Waals surface area contributed by atoms with Gasteiger partial charge in [-0.2, -0.15) is 16.7 Å². The molecule has 2 N–H and O–H groups in total. The molecule has 0 radical (unpaired) electrons. The monoisotopic (exact) mass is 263 g/mol. The van der Waals surface area contributed by atoms with Gasteiger partial charge in [0.15, 0.2) is 0 Å². The van der Waals surface area contributed by atoms with Crippen molar-refractivity contribution in [1.29, 1.82) is 0 Å². The molecule has 0 saturated carbocycles. The van der Waals surface area contributed by atoms with E-state index in [-0.39, 0.29) is 6.04 Å². The Morgan fingerprint density at radius 3 is 2.89 bits per heavy atom. The Morgan fingerprint density at radius 1 is 1.39 bits per heavy atom. The van der Waals surface area contributed by atoms with E-state index in [0.29, 0.717) is 17.5 Å². The molecule has 0 fully saturated rings. The Balaban J connectivity index is 2.04. The van der Waals surface area contributed by atoms with Gasteiger partial charge in [0.25, 0.3) is 0 Å². The number of rotatable bonds is 5. The molecule has 1 unspecified atom stereocenters. The van der Waals surface area contributed by atoms with Crippen LogP contribution in [0.2, 0.25) is 0 Å². The van der Waals surface area contributed by atoms with Gasteiger partial charge in [0.1, 0.15) is 0 Å². The molecule has 96 valence electrons. The van der Waals surface area contributed by atoms with Crippen molar-refractivity contribution in [3.8, 4) is 11.4 Å². The van der Waals surface area contributed by atoms with Crippen molar-refractivity contribution in [3.63, 3.8) is 0 Å². The molecule has 1 aromatic heterocycles. The van der Waals surface area contributed by atoms with Crippen LogP contribution >= 0.6 is 11.8 Å². The fourth-order valence-electron chi connectivity index (χ4n) is 1.58. The number of hydrogen-bond acceptors (Lipinski definition) is 5. The van der Waals surface area contributed by atoms with Crippen molar-refractivity contribution in [2.24, 2.45) is 5.73 Å². The fraction of sp³-hybridized carbons (Fsp3) is 0.385. The van der Waals surface area contributed by atoms with Crippen LogP contribution in [0.5, 0.6) is 0 Å². The van der Waals surface area contributed by atoms with Gasteiger partial charge in [-0.1, -0.05) is 29.4 Å². The zero-order valence-corrected chi connectivity index (χ0v) is 11.4. The lowest BCUT2D eigenvalue weighted by Crippen LogP contribution is -2.17. The molecule has 0 bridgehead atoms. The summed E-state index contributed by atoms with van der Waals surface area (Å²) in [6.07, 6.45) is 0. The van der Waals surface area contributed by atoms with E-state index in [0.717, 1.165) is 16.9 Å². The lowest BCUT2D eigenvalue weighted by Gasteiger charge is -2.01. The van der Waals surface area contributed by atoms with Crippen LogP contribution in [0, 0.1) is 6.92 Å². The van der Waals surface area contributed by atoms with E-state index < -0.39 is 0 Å². The van der Waals surface area contributed by atoms with Crippen molar-refractivity contribution >= 4 is 11.8 Å². The first-order valence-electron chi connectivity index (χ1n) is 5.88. The second kappa shape index (κ2) is 6.02. The first kappa shape index (κ1) is 13.1. The number of nitrogens with zero attached hydrogens (tertiary/aromatic N) is 2. The SMILES string of the molecule is Cc1ccccc1-c1noc(CSCC(C)N)n1.